The van der Waals surface area contributed by atoms with Crippen LogP contribution in [0.25, 0.3) is 0 Å². The molecule has 1 aromatic rings. The number of hydrogen-bond donors (Lipinski definition) is 0. The highest BCUT2D eigenvalue weighted by Crippen LogP contribution is 2.42. The van der Waals surface area contributed by atoms with Gasteiger partial charge in [-0.2, -0.15) is 4.39 Å². The molecule has 2 aliphatic carbocycles. The summed E-state index contributed by atoms with van der Waals surface area (Å²) in [7, 11) is 0. The minimum absolute atomic E-state index is 0.0730. The molecule has 0 heterocycles. The number of benzene rings is 1. The molecule has 1 aromatic carbocycles. The van der Waals surface area contributed by atoms with Gasteiger partial charge in [-0.25, -0.2) is 4.39 Å². The fraction of sp³-hybridized carbons (Fsp3) is 0.600. The molecule has 0 unspecified atom stereocenters. The largest absolute Gasteiger partial charge is 0.490 e. The quantitative estimate of drug-likeness (QED) is 0.771. The van der Waals surface area contributed by atoms with E-state index in [0.717, 1.165) is 25.7 Å². The van der Waals surface area contributed by atoms with Crippen LogP contribution in [-0.4, -0.2) is 6.61 Å². The van der Waals surface area contributed by atoms with Crippen molar-refractivity contribution in [1.82, 2.24) is 0 Å². The smallest absolute Gasteiger partial charge is 0.200 e. The van der Waals surface area contributed by atoms with E-state index >= 15 is 0 Å². The first kappa shape index (κ1) is 11.9. The predicted octanol–water partition coefficient (Wildman–Crippen LogP) is 4.41. The van der Waals surface area contributed by atoms with Gasteiger partial charge >= 0.3 is 0 Å². The lowest BCUT2D eigenvalue weighted by atomic mass is 10.1. The summed E-state index contributed by atoms with van der Waals surface area (Å²) in [6, 6.07) is 3.26. The zero-order valence-corrected chi connectivity index (χ0v) is 10.4. The van der Waals surface area contributed by atoms with Crippen molar-refractivity contribution in [2.75, 3.05) is 6.61 Å². The Balaban J connectivity index is 1.69. The first-order valence-corrected chi connectivity index (χ1v) is 6.86. The molecule has 0 amide bonds. The van der Waals surface area contributed by atoms with Crippen LogP contribution in [0.5, 0.6) is 5.75 Å². The lowest BCUT2D eigenvalue weighted by molar-refractivity contribution is 0.238. The van der Waals surface area contributed by atoms with E-state index in [4.69, 9.17) is 4.74 Å². The van der Waals surface area contributed by atoms with Crippen molar-refractivity contribution in [3.05, 3.63) is 29.3 Å². The standard InChI is InChI=1S/C15H18F2O/c16-14-12(11-5-6-11)7-8-13(15(14)17)18-9-10-3-1-2-4-10/h7-8,10-11H,1-6,9H2. The molecule has 2 saturated carbocycles. The van der Waals surface area contributed by atoms with Gasteiger partial charge in [0.15, 0.2) is 11.6 Å². The van der Waals surface area contributed by atoms with Gasteiger partial charge in [-0.05, 0) is 49.1 Å². The highest BCUT2D eigenvalue weighted by molar-refractivity contribution is 5.34. The number of hydrogen-bond acceptors (Lipinski definition) is 1. The van der Waals surface area contributed by atoms with E-state index in [1.165, 1.54) is 12.8 Å². The van der Waals surface area contributed by atoms with Gasteiger partial charge in [0.1, 0.15) is 0 Å². The van der Waals surface area contributed by atoms with Gasteiger partial charge in [0.2, 0.25) is 5.82 Å². The van der Waals surface area contributed by atoms with Gasteiger partial charge in [-0.1, -0.05) is 18.9 Å². The minimum atomic E-state index is -0.808. The summed E-state index contributed by atoms with van der Waals surface area (Å²) >= 11 is 0. The summed E-state index contributed by atoms with van der Waals surface area (Å²) in [5, 5.41) is 0. The molecular weight excluding hydrogens is 234 g/mol. The fourth-order valence-electron chi connectivity index (χ4n) is 2.75. The molecule has 0 spiro atoms. The zero-order valence-electron chi connectivity index (χ0n) is 10.4. The summed E-state index contributed by atoms with van der Waals surface area (Å²) in [4.78, 5) is 0. The summed E-state index contributed by atoms with van der Waals surface area (Å²) < 4.78 is 33.1. The van der Waals surface area contributed by atoms with Crippen molar-refractivity contribution in [1.29, 1.82) is 0 Å². The van der Waals surface area contributed by atoms with E-state index in [1.807, 2.05) is 0 Å². The van der Waals surface area contributed by atoms with Gasteiger partial charge in [0.25, 0.3) is 0 Å². The molecule has 0 aromatic heterocycles. The van der Waals surface area contributed by atoms with Crippen molar-refractivity contribution in [2.45, 2.75) is 44.4 Å². The third kappa shape index (κ3) is 2.36. The van der Waals surface area contributed by atoms with E-state index in [1.54, 1.807) is 12.1 Å². The SMILES string of the molecule is Fc1c(OCC2CCCC2)ccc(C2CC2)c1F. The lowest BCUT2D eigenvalue weighted by Crippen LogP contribution is -2.09. The van der Waals surface area contributed by atoms with E-state index in [2.05, 4.69) is 0 Å². The molecule has 2 fully saturated rings. The molecule has 0 bridgehead atoms. The summed E-state index contributed by atoms with van der Waals surface area (Å²) in [6.07, 6.45) is 6.68. The van der Waals surface area contributed by atoms with Crippen molar-refractivity contribution >= 4 is 0 Å². The van der Waals surface area contributed by atoms with Crippen LogP contribution in [0.4, 0.5) is 8.78 Å². The van der Waals surface area contributed by atoms with Gasteiger partial charge in [-0.15, -0.1) is 0 Å². The molecule has 18 heavy (non-hydrogen) atoms. The van der Waals surface area contributed by atoms with E-state index in [9.17, 15) is 8.78 Å². The first-order valence-electron chi connectivity index (χ1n) is 6.86. The molecule has 0 radical (unpaired) electrons. The second-order valence-corrected chi connectivity index (χ2v) is 5.52. The minimum Gasteiger partial charge on any atom is -0.490 e. The second kappa shape index (κ2) is 4.87. The summed E-state index contributed by atoms with van der Waals surface area (Å²) in [6.45, 7) is 0.513. The molecule has 0 aliphatic heterocycles. The van der Waals surface area contributed by atoms with Crippen molar-refractivity contribution < 1.29 is 13.5 Å². The maximum absolute atomic E-state index is 13.8. The average Bonchev–Trinajstić information content (AvgIpc) is 3.07. The van der Waals surface area contributed by atoms with Crippen LogP contribution in [0.1, 0.15) is 50.0 Å². The lowest BCUT2D eigenvalue weighted by Gasteiger charge is -2.13. The Hall–Kier alpha value is -1.12. The Morgan fingerprint density at radius 3 is 2.39 bits per heavy atom. The first-order chi connectivity index (χ1) is 8.75. The second-order valence-electron chi connectivity index (χ2n) is 5.52. The Labute approximate surface area is 106 Å². The van der Waals surface area contributed by atoms with E-state index in [-0.39, 0.29) is 11.7 Å². The van der Waals surface area contributed by atoms with Crippen LogP contribution < -0.4 is 4.74 Å². The van der Waals surface area contributed by atoms with Crippen LogP contribution in [0.3, 0.4) is 0 Å². The Morgan fingerprint density at radius 1 is 1.00 bits per heavy atom. The van der Waals surface area contributed by atoms with E-state index < -0.39 is 11.6 Å². The predicted molar refractivity (Wildman–Crippen MR) is 65.8 cm³/mol. The summed E-state index contributed by atoms with van der Waals surface area (Å²) in [5.74, 6) is -0.707. The molecule has 2 aliphatic rings. The normalized spacial score (nSPS) is 20.3. The number of ether oxygens (including phenoxy) is 1. The zero-order chi connectivity index (χ0) is 12.5. The average molecular weight is 252 g/mol. The van der Waals surface area contributed by atoms with Crippen molar-refractivity contribution in [3.8, 4) is 5.75 Å². The van der Waals surface area contributed by atoms with Gasteiger partial charge in [0, 0.05) is 0 Å². The monoisotopic (exact) mass is 252 g/mol. The van der Waals surface area contributed by atoms with E-state index in [0.29, 0.717) is 18.1 Å². The van der Waals surface area contributed by atoms with Crippen molar-refractivity contribution in [3.63, 3.8) is 0 Å². The Bertz CT molecular complexity index is 434. The Morgan fingerprint density at radius 2 is 1.72 bits per heavy atom. The van der Waals surface area contributed by atoms with Crippen molar-refractivity contribution in [2.24, 2.45) is 5.92 Å². The van der Waals surface area contributed by atoms with Crippen LogP contribution >= 0.6 is 0 Å². The van der Waals surface area contributed by atoms with Crippen LogP contribution in [-0.2, 0) is 0 Å². The van der Waals surface area contributed by atoms with Crippen LogP contribution in [0, 0.1) is 17.6 Å². The Kier molecular flexibility index (Phi) is 3.23. The topological polar surface area (TPSA) is 9.23 Å². The molecule has 3 rings (SSSR count). The third-order valence-corrected chi connectivity index (χ3v) is 4.04. The molecule has 0 N–H and O–H groups in total. The number of rotatable bonds is 4. The van der Waals surface area contributed by atoms with Gasteiger partial charge in [-0.3, -0.25) is 0 Å². The number of halogens is 2. The molecule has 1 nitrogen and oxygen atoms in total. The summed E-state index contributed by atoms with van der Waals surface area (Å²) in [5.41, 5.74) is 0.515. The molecular formula is C15H18F2O. The van der Waals surface area contributed by atoms with Crippen LogP contribution in [0.2, 0.25) is 0 Å². The highest BCUT2D eigenvalue weighted by atomic mass is 19.2. The highest BCUT2D eigenvalue weighted by Gasteiger charge is 2.29. The molecule has 98 valence electrons. The third-order valence-electron chi connectivity index (χ3n) is 4.04. The van der Waals surface area contributed by atoms with Gasteiger partial charge in [0.05, 0.1) is 6.61 Å². The molecule has 0 atom stereocenters. The maximum Gasteiger partial charge on any atom is 0.200 e. The maximum atomic E-state index is 13.8. The van der Waals surface area contributed by atoms with Crippen LogP contribution in [0.15, 0.2) is 12.1 Å². The fourth-order valence-corrected chi connectivity index (χ4v) is 2.75. The molecule has 3 heteroatoms. The molecule has 0 saturated heterocycles. The van der Waals surface area contributed by atoms with Gasteiger partial charge < -0.3 is 4.74 Å².